The van der Waals surface area contributed by atoms with Crippen molar-refractivity contribution in [2.45, 2.75) is 66.3 Å². The Morgan fingerprint density at radius 3 is 2.27 bits per heavy atom. The van der Waals surface area contributed by atoms with Crippen molar-refractivity contribution < 1.29 is 22.4 Å². The first-order valence-electron chi connectivity index (χ1n) is 12.2. The number of halogens is 3. The highest BCUT2D eigenvalue weighted by Crippen LogP contribution is 2.51. The van der Waals surface area contributed by atoms with Crippen LogP contribution in [-0.2, 0) is 0 Å². The fraction of sp³-hybridized carbons (Fsp3) is 0.444. The lowest BCUT2D eigenvalue weighted by atomic mass is 9.63. The molecule has 0 amide bonds. The summed E-state index contributed by atoms with van der Waals surface area (Å²) in [6, 6.07) is 11.7. The average Bonchev–Trinajstić information content (AvgIpc) is 3.34. The molecule has 1 saturated carbocycles. The third-order valence-corrected chi connectivity index (χ3v) is 6.72. The number of nitrogens with zero attached hydrogens (tertiary/aromatic N) is 4. The molecule has 2 aromatic carbocycles. The van der Waals surface area contributed by atoms with E-state index < -0.39 is 6.36 Å². The van der Waals surface area contributed by atoms with Gasteiger partial charge in [0.1, 0.15) is 5.75 Å². The van der Waals surface area contributed by atoms with Crippen molar-refractivity contribution in [3.8, 4) is 17.1 Å². The third kappa shape index (κ3) is 5.57. The van der Waals surface area contributed by atoms with Gasteiger partial charge in [-0.15, -0.1) is 13.2 Å². The number of hydrogen-bond acceptors (Lipinski definition) is 6. The molecule has 2 aromatic heterocycles. The summed E-state index contributed by atoms with van der Waals surface area (Å²) in [4.78, 5) is 9.23. The van der Waals surface area contributed by atoms with Crippen LogP contribution in [0.15, 0.2) is 47.0 Å². The molecule has 10 heteroatoms. The number of fused-ring (bicyclic) bond motifs is 1. The molecule has 1 aliphatic carbocycles. The van der Waals surface area contributed by atoms with Crippen LogP contribution in [-0.4, -0.2) is 26.1 Å². The second-order valence-electron chi connectivity index (χ2n) is 11.4. The average molecular weight is 514 g/mol. The van der Waals surface area contributed by atoms with Gasteiger partial charge in [-0.3, -0.25) is 0 Å². The summed E-state index contributed by atoms with van der Waals surface area (Å²) in [6.07, 6.45) is -1.67. The second-order valence-corrected chi connectivity index (χ2v) is 11.4. The molecule has 0 atom stereocenters. The van der Waals surface area contributed by atoms with Gasteiger partial charge in [-0.25, -0.2) is 4.98 Å². The van der Waals surface area contributed by atoms with Crippen LogP contribution in [0.3, 0.4) is 0 Å². The summed E-state index contributed by atoms with van der Waals surface area (Å²) in [5, 5.41) is 7.36. The van der Waals surface area contributed by atoms with E-state index in [0.717, 1.165) is 35.9 Å². The zero-order valence-corrected chi connectivity index (χ0v) is 21.5. The molecular weight excluding hydrogens is 483 g/mol. The Labute approximate surface area is 213 Å². The standard InChI is InChI=1S/C27H30F3N5O2/c1-16-31-23(34-37-16)17-6-11-22-21(12-17)33-24(32-18-7-9-20(10-8-18)36-27(28,29)30)35(22)19-13-25(2,3)15-26(4,5)14-19/h6-12,19H,13-15H2,1-5H3,(H,32,33). The van der Waals surface area contributed by atoms with Crippen LogP contribution in [0.2, 0.25) is 0 Å². The first-order valence-corrected chi connectivity index (χ1v) is 12.2. The van der Waals surface area contributed by atoms with Crippen LogP contribution in [0.25, 0.3) is 22.4 Å². The number of rotatable bonds is 5. The zero-order valence-electron chi connectivity index (χ0n) is 21.5. The number of imidazole rings is 1. The largest absolute Gasteiger partial charge is 0.573 e. The number of aryl methyl sites for hydroxylation is 1. The molecule has 4 aromatic rings. The highest BCUT2D eigenvalue weighted by Gasteiger charge is 2.40. The summed E-state index contributed by atoms with van der Waals surface area (Å²) in [5.74, 6) is 1.32. The Morgan fingerprint density at radius 1 is 1.00 bits per heavy atom. The molecule has 0 spiro atoms. The molecule has 7 nitrogen and oxygen atoms in total. The maximum Gasteiger partial charge on any atom is 0.573 e. The summed E-state index contributed by atoms with van der Waals surface area (Å²) < 4.78 is 49.1. The highest BCUT2D eigenvalue weighted by molar-refractivity contribution is 5.84. The molecule has 2 heterocycles. The SMILES string of the molecule is Cc1nc(-c2ccc3c(c2)nc(Nc2ccc(OC(F)(F)F)cc2)n3C2CC(C)(C)CC(C)(C)C2)no1. The monoisotopic (exact) mass is 513 g/mol. The lowest BCUT2D eigenvalue weighted by molar-refractivity contribution is -0.274. The number of ether oxygens (including phenoxy) is 1. The van der Waals surface area contributed by atoms with Crippen LogP contribution < -0.4 is 10.1 Å². The van der Waals surface area contributed by atoms with Crippen LogP contribution >= 0.6 is 0 Å². The Hall–Kier alpha value is -3.56. The number of nitrogens with one attached hydrogen (secondary N) is 1. The van der Waals surface area contributed by atoms with Gasteiger partial charge in [-0.05, 0) is 72.6 Å². The predicted molar refractivity (Wildman–Crippen MR) is 135 cm³/mol. The van der Waals surface area contributed by atoms with E-state index in [1.165, 1.54) is 12.1 Å². The highest BCUT2D eigenvalue weighted by atomic mass is 19.4. The van der Waals surface area contributed by atoms with Gasteiger partial charge in [0.2, 0.25) is 17.7 Å². The summed E-state index contributed by atoms with van der Waals surface area (Å²) >= 11 is 0. The number of anilines is 2. The summed E-state index contributed by atoms with van der Waals surface area (Å²) in [7, 11) is 0. The number of alkyl halides is 3. The molecule has 1 N–H and O–H groups in total. The minimum atomic E-state index is -4.74. The molecular formula is C27H30F3N5O2. The fourth-order valence-electron chi connectivity index (χ4n) is 5.95. The van der Waals surface area contributed by atoms with E-state index in [9.17, 15) is 13.2 Å². The van der Waals surface area contributed by atoms with Gasteiger partial charge in [0.05, 0.1) is 11.0 Å². The van der Waals surface area contributed by atoms with Crippen molar-refractivity contribution in [2.75, 3.05) is 5.32 Å². The molecule has 37 heavy (non-hydrogen) atoms. The maximum atomic E-state index is 12.6. The van der Waals surface area contributed by atoms with Crippen LogP contribution in [0.1, 0.15) is 58.9 Å². The van der Waals surface area contributed by atoms with Crippen molar-refractivity contribution in [2.24, 2.45) is 10.8 Å². The normalized spacial score (nSPS) is 17.7. The van der Waals surface area contributed by atoms with Gasteiger partial charge in [-0.1, -0.05) is 32.9 Å². The quantitative estimate of drug-likeness (QED) is 0.293. The van der Waals surface area contributed by atoms with E-state index in [2.05, 4.69) is 52.5 Å². The molecule has 1 aliphatic rings. The molecule has 0 bridgehead atoms. The Kier molecular flexibility index (Phi) is 5.96. The zero-order chi connectivity index (χ0) is 26.6. The summed E-state index contributed by atoms with van der Waals surface area (Å²) in [5.41, 5.74) is 3.40. The molecule has 1 fully saturated rings. The van der Waals surface area contributed by atoms with Gasteiger partial charge in [0.25, 0.3) is 0 Å². The van der Waals surface area contributed by atoms with Gasteiger partial charge < -0.3 is 19.1 Å². The number of hydrogen-bond donors (Lipinski definition) is 1. The van der Waals surface area contributed by atoms with Crippen molar-refractivity contribution in [3.63, 3.8) is 0 Å². The summed E-state index contributed by atoms with van der Waals surface area (Å²) in [6.45, 7) is 10.9. The van der Waals surface area contributed by atoms with Crippen LogP contribution in [0, 0.1) is 17.8 Å². The van der Waals surface area contributed by atoms with Gasteiger partial charge in [0.15, 0.2) is 0 Å². The minimum Gasteiger partial charge on any atom is -0.406 e. The van der Waals surface area contributed by atoms with Crippen molar-refractivity contribution in [1.82, 2.24) is 19.7 Å². The maximum absolute atomic E-state index is 12.6. The Morgan fingerprint density at radius 2 is 1.68 bits per heavy atom. The molecule has 0 saturated heterocycles. The number of aromatic nitrogens is 4. The van der Waals surface area contributed by atoms with Crippen molar-refractivity contribution >= 4 is 22.7 Å². The second kappa shape index (κ2) is 8.78. The smallest absolute Gasteiger partial charge is 0.406 e. The van der Waals surface area contributed by atoms with Gasteiger partial charge in [0, 0.05) is 24.2 Å². The van der Waals surface area contributed by atoms with E-state index in [1.54, 1.807) is 19.1 Å². The Bertz CT molecular complexity index is 1400. The lowest BCUT2D eigenvalue weighted by Crippen LogP contribution is -2.35. The number of benzene rings is 2. The molecule has 0 unspecified atom stereocenters. The Balaban J connectivity index is 1.56. The molecule has 5 rings (SSSR count). The van der Waals surface area contributed by atoms with E-state index >= 15 is 0 Å². The van der Waals surface area contributed by atoms with E-state index in [1.807, 2.05) is 18.2 Å². The topological polar surface area (TPSA) is 78.0 Å². The first-order chi connectivity index (χ1) is 17.3. The molecule has 0 radical (unpaired) electrons. The minimum absolute atomic E-state index is 0.138. The lowest BCUT2D eigenvalue weighted by Gasteiger charge is -2.45. The molecule has 0 aliphatic heterocycles. The first kappa shape index (κ1) is 25.1. The predicted octanol–water partition coefficient (Wildman–Crippen LogP) is 7.81. The third-order valence-electron chi connectivity index (χ3n) is 6.72. The van der Waals surface area contributed by atoms with E-state index in [4.69, 9.17) is 9.51 Å². The van der Waals surface area contributed by atoms with Crippen molar-refractivity contribution in [3.05, 3.63) is 48.4 Å². The molecule has 196 valence electrons. The van der Waals surface area contributed by atoms with E-state index in [0.29, 0.717) is 23.4 Å². The van der Waals surface area contributed by atoms with Gasteiger partial charge >= 0.3 is 6.36 Å². The van der Waals surface area contributed by atoms with Crippen LogP contribution in [0.4, 0.5) is 24.8 Å². The fourth-order valence-corrected chi connectivity index (χ4v) is 5.95. The van der Waals surface area contributed by atoms with Crippen molar-refractivity contribution in [1.29, 1.82) is 0 Å². The van der Waals surface area contributed by atoms with Gasteiger partial charge in [-0.2, -0.15) is 4.98 Å². The van der Waals surface area contributed by atoms with E-state index in [-0.39, 0.29) is 22.6 Å². The van der Waals surface area contributed by atoms with Crippen LogP contribution in [0.5, 0.6) is 5.75 Å².